The van der Waals surface area contributed by atoms with Crippen LogP contribution in [0.25, 0.3) is 0 Å². The van der Waals surface area contributed by atoms with Crippen LogP contribution < -0.4 is 5.32 Å². The average Bonchev–Trinajstić information content (AvgIpc) is 2.65. The van der Waals surface area contributed by atoms with Crippen molar-refractivity contribution < 1.29 is 28.8 Å². The van der Waals surface area contributed by atoms with Crippen LogP contribution >= 0.6 is 0 Å². The third-order valence-corrected chi connectivity index (χ3v) is 5.83. The van der Waals surface area contributed by atoms with E-state index in [0.29, 0.717) is 32.5 Å². The maximum atomic E-state index is 11.1. The third kappa shape index (κ3) is 5.29. The second kappa shape index (κ2) is 8.66. The molecule has 3 heterocycles. The predicted octanol–water partition coefficient (Wildman–Crippen LogP) is 2.18. The quantitative estimate of drug-likeness (QED) is 0.692. The van der Waals surface area contributed by atoms with E-state index < -0.39 is 6.09 Å². The van der Waals surface area contributed by atoms with E-state index in [2.05, 4.69) is 5.32 Å². The number of fused-ring (bicyclic) bond motifs is 3. The molecular weight excluding hydrogens is 326 g/mol. The fourth-order valence-electron chi connectivity index (χ4n) is 3.96. The van der Waals surface area contributed by atoms with Crippen molar-refractivity contribution in [2.24, 2.45) is 5.41 Å². The lowest BCUT2D eigenvalue weighted by atomic mass is 9.72. The van der Waals surface area contributed by atoms with Crippen LogP contribution in [0.3, 0.4) is 0 Å². The van der Waals surface area contributed by atoms with E-state index in [9.17, 15) is 4.79 Å². The van der Waals surface area contributed by atoms with Crippen molar-refractivity contribution in [1.29, 1.82) is 0 Å². The van der Waals surface area contributed by atoms with Crippen LogP contribution in [-0.2, 0) is 18.9 Å². The molecule has 1 amide bonds. The Balaban J connectivity index is 1.47. The van der Waals surface area contributed by atoms with Gasteiger partial charge >= 0.3 is 6.09 Å². The van der Waals surface area contributed by atoms with E-state index >= 15 is 0 Å². The van der Waals surface area contributed by atoms with Crippen LogP contribution in [0, 0.1) is 5.41 Å². The van der Waals surface area contributed by atoms with Crippen molar-refractivity contribution >= 4 is 6.09 Å². The molecule has 0 aromatic heterocycles. The molecule has 7 nitrogen and oxygen atoms in total. The van der Waals surface area contributed by atoms with Crippen molar-refractivity contribution in [3.05, 3.63) is 0 Å². The molecule has 0 aromatic rings. The highest BCUT2D eigenvalue weighted by atomic mass is 16.5. The van der Waals surface area contributed by atoms with E-state index in [1.54, 1.807) is 0 Å². The molecule has 0 unspecified atom stereocenters. The fraction of sp³-hybridized carbons (Fsp3) is 0.944. The highest BCUT2D eigenvalue weighted by Gasteiger charge is 2.42. The summed E-state index contributed by atoms with van der Waals surface area (Å²) in [5, 5.41) is 11.7. The molecule has 2 N–H and O–H groups in total. The van der Waals surface area contributed by atoms with Gasteiger partial charge in [-0.05, 0) is 45.4 Å². The van der Waals surface area contributed by atoms with Gasteiger partial charge in [-0.2, -0.15) is 0 Å². The molecule has 3 aliphatic heterocycles. The van der Waals surface area contributed by atoms with Crippen LogP contribution in [0.4, 0.5) is 4.79 Å². The fourth-order valence-corrected chi connectivity index (χ4v) is 3.96. The highest BCUT2D eigenvalue weighted by molar-refractivity contribution is 5.64. The zero-order valence-corrected chi connectivity index (χ0v) is 15.1. The Hall–Kier alpha value is -0.890. The van der Waals surface area contributed by atoms with E-state index in [-0.39, 0.29) is 23.7 Å². The molecule has 7 heteroatoms. The first-order chi connectivity index (χ1) is 12.1. The van der Waals surface area contributed by atoms with Crippen molar-refractivity contribution in [2.75, 3.05) is 33.0 Å². The molecule has 4 aliphatic rings. The standard InChI is InChI=1S/C18H31NO6/c1-13(24-11-18-6-2-14(3-7-18)25-12-18)16(19-17(20)21)10-23-15-4-8-22-9-5-15/h13-16,19H,2-12H2,1H3,(H,20,21)/t13-,14?,16-,18?/m1/s1. The van der Waals surface area contributed by atoms with Gasteiger partial charge in [-0.3, -0.25) is 0 Å². The summed E-state index contributed by atoms with van der Waals surface area (Å²) in [7, 11) is 0. The van der Waals surface area contributed by atoms with Crippen molar-refractivity contribution in [3.8, 4) is 0 Å². The first-order valence-electron chi connectivity index (χ1n) is 9.48. The molecule has 0 radical (unpaired) electrons. The lowest BCUT2D eigenvalue weighted by molar-refractivity contribution is -0.153. The molecule has 25 heavy (non-hydrogen) atoms. The van der Waals surface area contributed by atoms with Gasteiger partial charge in [-0.15, -0.1) is 0 Å². The summed E-state index contributed by atoms with van der Waals surface area (Å²) >= 11 is 0. The minimum atomic E-state index is -1.05. The summed E-state index contributed by atoms with van der Waals surface area (Å²) in [6.07, 6.45) is 5.50. The molecule has 0 spiro atoms. The zero-order chi connectivity index (χ0) is 17.7. The van der Waals surface area contributed by atoms with Gasteiger partial charge in [0.2, 0.25) is 0 Å². The maximum absolute atomic E-state index is 11.1. The van der Waals surface area contributed by atoms with E-state index in [1.165, 1.54) is 0 Å². The number of carbonyl (C=O) groups is 1. The second-order valence-electron chi connectivity index (χ2n) is 7.73. The Kier molecular flexibility index (Phi) is 6.55. The minimum Gasteiger partial charge on any atom is -0.465 e. The number of ether oxygens (including phenoxy) is 4. The molecule has 144 valence electrons. The number of amides is 1. The lowest BCUT2D eigenvalue weighted by Crippen LogP contribution is -2.50. The van der Waals surface area contributed by atoms with Crippen molar-refractivity contribution in [2.45, 2.75) is 69.8 Å². The molecule has 3 saturated heterocycles. The summed E-state index contributed by atoms with van der Waals surface area (Å²) in [6, 6.07) is -0.377. The summed E-state index contributed by atoms with van der Waals surface area (Å²) in [5.74, 6) is 0. The van der Waals surface area contributed by atoms with Crippen molar-refractivity contribution in [3.63, 3.8) is 0 Å². The summed E-state index contributed by atoms with van der Waals surface area (Å²) in [4.78, 5) is 11.1. The van der Waals surface area contributed by atoms with Gasteiger partial charge in [0.25, 0.3) is 0 Å². The smallest absolute Gasteiger partial charge is 0.405 e. The Labute approximate surface area is 149 Å². The summed E-state index contributed by atoms with van der Waals surface area (Å²) in [5.41, 5.74) is 0.109. The molecule has 1 saturated carbocycles. The van der Waals surface area contributed by atoms with Crippen molar-refractivity contribution in [1.82, 2.24) is 5.32 Å². The molecule has 4 rings (SSSR count). The highest BCUT2D eigenvalue weighted by Crippen LogP contribution is 2.43. The second-order valence-corrected chi connectivity index (χ2v) is 7.73. The van der Waals surface area contributed by atoms with Gasteiger partial charge in [0.05, 0.1) is 44.2 Å². The molecule has 4 fully saturated rings. The number of carboxylic acid groups (broad SMARTS) is 1. The molecule has 2 atom stereocenters. The topological polar surface area (TPSA) is 86.3 Å². The number of hydrogen-bond acceptors (Lipinski definition) is 5. The Morgan fingerprint density at radius 2 is 2.00 bits per heavy atom. The van der Waals surface area contributed by atoms with Gasteiger partial charge in [0.1, 0.15) is 0 Å². The van der Waals surface area contributed by atoms with Crippen LogP contribution in [-0.4, -0.2) is 68.6 Å². The van der Waals surface area contributed by atoms with Gasteiger partial charge in [-0.25, -0.2) is 4.79 Å². The van der Waals surface area contributed by atoms with Gasteiger partial charge in [0, 0.05) is 18.6 Å². The Bertz CT molecular complexity index is 418. The van der Waals surface area contributed by atoms with Gasteiger partial charge in [-0.1, -0.05) is 0 Å². The summed E-state index contributed by atoms with van der Waals surface area (Å²) < 4.78 is 23.2. The van der Waals surface area contributed by atoms with E-state index in [1.807, 2.05) is 6.92 Å². The SMILES string of the molecule is C[C@@H](OCC12CCC(CC1)OC2)[C@@H](COC1CCOCC1)NC(=O)O. The van der Waals surface area contributed by atoms with Gasteiger partial charge in [0.15, 0.2) is 0 Å². The molecule has 2 bridgehead atoms. The third-order valence-electron chi connectivity index (χ3n) is 5.83. The van der Waals surface area contributed by atoms with Crippen LogP contribution in [0.5, 0.6) is 0 Å². The first kappa shape index (κ1) is 18.9. The Morgan fingerprint density at radius 3 is 2.60 bits per heavy atom. The van der Waals surface area contributed by atoms with Crippen LogP contribution in [0.1, 0.15) is 45.4 Å². The average molecular weight is 357 g/mol. The van der Waals surface area contributed by atoms with Crippen LogP contribution in [0.2, 0.25) is 0 Å². The molecule has 1 aliphatic carbocycles. The van der Waals surface area contributed by atoms with E-state index in [4.69, 9.17) is 24.1 Å². The Morgan fingerprint density at radius 1 is 1.28 bits per heavy atom. The maximum Gasteiger partial charge on any atom is 0.405 e. The number of rotatable bonds is 8. The van der Waals surface area contributed by atoms with E-state index in [0.717, 1.165) is 45.1 Å². The van der Waals surface area contributed by atoms with Crippen LogP contribution in [0.15, 0.2) is 0 Å². The van der Waals surface area contributed by atoms with Gasteiger partial charge < -0.3 is 29.4 Å². The zero-order valence-electron chi connectivity index (χ0n) is 15.1. The molecule has 0 aromatic carbocycles. The predicted molar refractivity (Wildman–Crippen MR) is 90.8 cm³/mol. The number of hydrogen-bond donors (Lipinski definition) is 2. The monoisotopic (exact) mass is 357 g/mol. The number of nitrogens with one attached hydrogen (secondary N) is 1. The first-order valence-corrected chi connectivity index (χ1v) is 9.48. The molecular formula is C18H31NO6. The lowest BCUT2D eigenvalue weighted by Gasteiger charge is -2.46. The normalized spacial score (nSPS) is 32.3. The minimum absolute atomic E-state index is 0.109. The largest absolute Gasteiger partial charge is 0.465 e. The summed E-state index contributed by atoms with van der Waals surface area (Å²) in [6.45, 7) is 5.04.